The molecule has 0 unspecified atom stereocenters. The van der Waals surface area contributed by atoms with Crippen molar-refractivity contribution in [1.29, 1.82) is 0 Å². The second-order valence-corrected chi connectivity index (χ2v) is 11.3. The van der Waals surface area contributed by atoms with Gasteiger partial charge in [0.2, 0.25) is 21.8 Å². The normalized spacial score (nSPS) is 12.4. The summed E-state index contributed by atoms with van der Waals surface area (Å²) in [5, 5.41) is 3.32. The number of sulfonamides is 1. The predicted molar refractivity (Wildman–Crippen MR) is 137 cm³/mol. The summed E-state index contributed by atoms with van der Waals surface area (Å²) in [6.07, 6.45) is 1.07. The molecule has 0 saturated heterocycles. The Balaban J connectivity index is 2.44. The Morgan fingerprint density at radius 1 is 1.00 bits per heavy atom. The third-order valence-electron chi connectivity index (χ3n) is 5.52. The Morgan fingerprint density at radius 2 is 1.59 bits per heavy atom. The molecule has 9 heteroatoms. The SMILES string of the molecule is Cc1cccc(C)c1N(CC(=O)N(Cc1ccccc1Cl)[C@@H](C)C(=O)NCC(C)C)S(C)(=O)=O. The fraction of sp³-hybridized carbons (Fsp3) is 0.440. The van der Waals surface area contributed by atoms with Gasteiger partial charge in [-0.2, -0.15) is 0 Å². The smallest absolute Gasteiger partial charge is 0.244 e. The van der Waals surface area contributed by atoms with Crippen LogP contribution in [-0.4, -0.2) is 50.5 Å². The Hall–Kier alpha value is -2.58. The second kappa shape index (κ2) is 11.7. The molecule has 0 aliphatic rings. The molecule has 7 nitrogen and oxygen atoms in total. The van der Waals surface area contributed by atoms with Crippen LogP contribution in [0.25, 0.3) is 0 Å². The molecule has 0 aliphatic carbocycles. The van der Waals surface area contributed by atoms with Crippen molar-refractivity contribution in [2.75, 3.05) is 23.7 Å². The van der Waals surface area contributed by atoms with Gasteiger partial charge in [0.05, 0.1) is 11.9 Å². The second-order valence-electron chi connectivity index (χ2n) is 8.94. The summed E-state index contributed by atoms with van der Waals surface area (Å²) in [4.78, 5) is 27.8. The van der Waals surface area contributed by atoms with Gasteiger partial charge in [0.1, 0.15) is 12.6 Å². The van der Waals surface area contributed by atoms with Crippen LogP contribution in [0.5, 0.6) is 0 Å². The number of nitrogens with zero attached hydrogens (tertiary/aromatic N) is 2. The van der Waals surface area contributed by atoms with Gasteiger partial charge in [-0.1, -0.05) is 61.8 Å². The van der Waals surface area contributed by atoms with Gasteiger partial charge in [0, 0.05) is 18.1 Å². The van der Waals surface area contributed by atoms with Crippen molar-refractivity contribution in [1.82, 2.24) is 10.2 Å². The highest BCUT2D eigenvalue weighted by atomic mass is 35.5. The van der Waals surface area contributed by atoms with Gasteiger partial charge in [-0.25, -0.2) is 8.42 Å². The lowest BCUT2D eigenvalue weighted by Gasteiger charge is -2.32. The summed E-state index contributed by atoms with van der Waals surface area (Å²) in [7, 11) is -3.78. The van der Waals surface area contributed by atoms with Gasteiger partial charge in [-0.15, -0.1) is 0 Å². The van der Waals surface area contributed by atoms with Crippen molar-refractivity contribution in [3.05, 3.63) is 64.2 Å². The molecule has 0 bridgehead atoms. The number of hydrogen-bond donors (Lipinski definition) is 1. The van der Waals surface area contributed by atoms with Crippen molar-refractivity contribution in [2.24, 2.45) is 5.92 Å². The van der Waals surface area contributed by atoms with E-state index in [2.05, 4.69) is 5.32 Å². The lowest BCUT2D eigenvalue weighted by atomic mass is 10.1. The molecule has 0 radical (unpaired) electrons. The zero-order valence-corrected chi connectivity index (χ0v) is 22.2. The maximum absolute atomic E-state index is 13.6. The van der Waals surface area contributed by atoms with E-state index in [1.165, 1.54) is 4.90 Å². The fourth-order valence-electron chi connectivity index (χ4n) is 3.62. The molecule has 0 aliphatic heterocycles. The lowest BCUT2D eigenvalue weighted by molar-refractivity contribution is -0.139. The van der Waals surface area contributed by atoms with Gasteiger partial charge < -0.3 is 10.2 Å². The molecule has 0 heterocycles. The standard InChI is InChI=1S/C25H34ClN3O4S/c1-17(2)14-27-25(31)20(5)28(15-21-12-7-8-13-22(21)26)23(30)16-29(34(6,32)33)24-18(3)10-9-11-19(24)4/h7-13,17,20H,14-16H2,1-6H3,(H,27,31)/t20-/m0/s1. The summed E-state index contributed by atoms with van der Waals surface area (Å²) in [5.41, 5.74) is 2.60. The Morgan fingerprint density at radius 3 is 2.12 bits per heavy atom. The van der Waals surface area contributed by atoms with Crippen LogP contribution in [0, 0.1) is 19.8 Å². The quantitative estimate of drug-likeness (QED) is 0.528. The van der Waals surface area contributed by atoms with Crippen molar-refractivity contribution >= 4 is 39.1 Å². The number of halogens is 1. The van der Waals surface area contributed by atoms with E-state index < -0.39 is 28.5 Å². The summed E-state index contributed by atoms with van der Waals surface area (Å²) in [6, 6.07) is 11.7. The first-order valence-corrected chi connectivity index (χ1v) is 13.4. The Kier molecular flexibility index (Phi) is 9.53. The van der Waals surface area contributed by atoms with E-state index in [-0.39, 0.29) is 18.4 Å². The van der Waals surface area contributed by atoms with E-state index in [1.807, 2.05) is 19.9 Å². The van der Waals surface area contributed by atoms with Crippen LogP contribution in [0.4, 0.5) is 5.69 Å². The maximum atomic E-state index is 13.6. The molecular formula is C25H34ClN3O4S. The fourth-order valence-corrected chi connectivity index (χ4v) is 4.78. The third kappa shape index (κ3) is 7.21. The Bertz CT molecular complexity index is 1110. The number of nitrogens with one attached hydrogen (secondary N) is 1. The van der Waals surface area contributed by atoms with Crippen LogP contribution in [0.3, 0.4) is 0 Å². The zero-order valence-electron chi connectivity index (χ0n) is 20.6. The first kappa shape index (κ1) is 27.7. The number of carbonyl (C=O) groups is 2. The van der Waals surface area contributed by atoms with Gasteiger partial charge in [-0.05, 0) is 49.4 Å². The van der Waals surface area contributed by atoms with Gasteiger partial charge in [0.15, 0.2) is 0 Å². The maximum Gasteiger partial charge on any atom is 0.244 e. The number of benzene rings is 2. The summed E-state index contributed by atoms with van der Waals surface area (Å²) < 4.78 is 26.6. The highest BCUT2D eigenvalue weighted by Crippen LogP contribution is 2.27. The monoisotopic (exact) mass is 507 g/mol. The number of anilines is 1. The molecule has 0 spiro atoms. The van der Waals surface area contributed by atoms with Crippen LogP contribution in [0.15, 0.2) is 42.5 Å². The third-order valence-corrected chi connectivity index (χ3v) is 7.00. The number of amides is 2. The topological polar surface area (TPSA) is 86.8 Å². The highest BCUT2D eigenvalue weighted by molar-refractivity contribution is 7.92. The molecule has 2 aromatic rings. The van der Waals surface area contributed by atoms with Gasteiger partial charge in [-0.3, -0.25) is 13.9 Å². The average molecular weight is 508 g/mol. The molecule has 186 valence electrons. The van der Waals surface area contributed by atoms with Crippen molar-refractivity contribution in [3.63, 3.8) is 0 Å². The largest absolute Gasteiger partial charge is 0.354 e. The van der Waals surface area contributed by atoms with Crippen molar-refractivity contribution < 1.29 is 18.0 Å². The van der Waals surface area contributed by atoms with Crippen LogP contribution >= 0.6 is 11.6 Å². The van der Waals surface area contributed by atoms with Crippen molar-refractivity contribution in [3.8, 4) is 0 Å². The van der Waals surface area contributed by atoms with E-state index in [4.69, 9.17) is 11.6 Å². The van der Waals surface area contributed by atoms with Crippen molar-refractivity contribution in [2.45, 2.75) is 47.2 Å². The molecule has 0 aromatic heterocycles. The number of rotatable bonds is 10. The van der Waals surface area contributed by atoms with Crippen LogP contribution in [0.1, 0.15) is 37.5 Å². The average Bonchev–Trinajstić information content (AvgIpc) is 2.74. The number of hydrogen-bond acceptors (Lipinski definition) is 4. The van der Waals surface area contributed by atoms with Crippen LogP contribution < -0.4 is 9.62 Å². The first-order valence-electron chi connectivity index (χ1n) is 11.2. The van der Waals surface area contributed by atoms with Gasteiger partial charge in [0.25, 0.3) is 0 Å². The summed E-state index contributed by atoms with van der Waals surface area (Å²) in [5.74, 6) is -0.569. The molecular weight excluding hydrogens is 474 g/mol. The molecule has 1 atom stereocenters. The van der Waals surface area contributed by atoms with E-state index in [9.17, 15) is 18.0 Å². The molecule has 1 N–H and O–H groups in total. The number of aryl methyl sites for hydroxylation is 2. The predicted octanol–water partition coefficient (Wildman–Crippen LogP) is 3.91. The van der Waals surface area contributed by atoms with Crippen LogP contribution in [-0.2, 0) is 26.2 Å². The number of carbonyl (C=O) groups excluding carboxylic acids is 2. The van der Waals surface area contributed by atoms with Crippen LogP contribution in [0.2, 0.25) is 5.02 Å². The minimum atomic E-state index is -3.78. The first-order chi connectivity index (χ1) is 15.8. The Labute approximate surface area is 208 Å². The molecule has 2 rings (SSSR count). The van der Waals surface area contributed by atoms with E-state index >= 15 is 0 Å². The highest BCUT2D eigenvalue weighted by Gasteiger charge is 2.31. The zero-order chi connectivity index (χ0) is 25.6. The summed E-state index contributed by atoms with van der Waals surface area (Å²) >= 11 is 6.33. The summed E-state index contributed by atoms with van der Waals surface area (Å²) in [6.45, 7) is 9.29. The minimum Gasteiger partial charge on any atom is -0.354 e. The van der Waals surface area contributed by atoms with E-state index in [0.29, 0.717) is 22.8 Å². The van der Waals surface area contributed by atoms with E-state index in [0.717, 1.165) is 21.7 Å². The van der Waals surface area contributed by atoms with E-state index in [1.54, 1.807) is 57.2 Å². The minimum absolute atomic E-state index is 0.0686. The molecule has 34 heavy (non-hydrogen) atoms. The van der Waals surface area contributed by atoms with Gasteiger partial charge >= 0.3 is 0 Å². The molecule has 0 fully saturated rings. The molecule has 2 amide bonds. The molecule has 2 aromatic carbocycles. The lowest BCUT2D eigenvalue weighted by Crippen LogP contribution is -2.51. The molecule has 0 saturated carbocycles. The number of para-hydroxylation sites is 1.